The van der Waals surface area contributed by atoms with Crippen LogP contribution in [0, 0.1) is 12.3 Å². The molecule has 0 fully saturated rings. The second kappa shape index (κ2) is 8.77. The number of hydrogen-bond acceptors (Lipinski definition) is 5. The number of nitrogens with one attached hydrogen (secondary N) is 1. The molecule has 0 radical (unpaired) electrons. The van der Waals surface area contributed by atoms with Gasteiger partial charge in [-0.05, 0) is 53.8 Å². The Hall–Kier alpha value is -3.03. The van der Waals surface area contributed by atoms with Gasteiger partial charge in [-0.25, -0.2) is 0 Å². The van der Waals surface area contributed by atoms with Crippen molar-refractivity contribution >= 4 is 46.3 Å². The first-order chi connectivity index (χ1) is 14.5. The fraction of sp³-hybridized carbons (Fsp3) is 0.136. The van der Waals surface area contributed by atoms with E-state index < -0.39 is 5.91 Å². The number of amidine groups is 2. The maximum Gasteiger partial charge on any atom is 0.283 e. The van der Waals surface area contributed by atoms with E-state index in [0.29, 0.717) is 34.7 Å². The van der Waals surface area contributed by atoms with Crippen molar-refractivity contribution in [3.63, 3.8) is 0 Å². The number of halogens is 1. The Morgan fingerprint density at radius 3 is 2.83 bits per heavy atom. The van der Waals surface area contributed by atoms with Crippen LogP contribution in [-0.4, -0.2) is 35.0 Å². The Bertz CT molecular complexity index is 1110. The maximum absolute atomic E-state index is 12.3. The van der Waals surface area contributed by atoms with E-state index in [2.05, 4.69) is 4.99 Å². The quantitative estimate of drug-likeness (QED) is 0.512. The third kappa shape index (κ3) is 4.42. The molecular formula is C22H18ClN3O3S. The van der Waals surface area contributed by atoms with Crippen molar-refractivity contribution in [2.45, 2.75) is 6.92 Å². The molecule has 4 rings (SSSR count). The molecule has 2 aliphatic heterocycles. The van der Waals surface area contributed by atoms with Gasteiger partial charge >= 0.3 is 0 Å². The van der Waals surface area contributed by atoms with Gasteiger partial charge < -0.3 is 9.47 Å². The van der Waals surface area contributed by atoms with E-state index >= 15 is 0 Å². The van der Waals surface area contributed by atoms with Crippen LogP contribution in [0.4, 0.5) is 0 Å². The Morgan fingerprint density at radius 2 is 2.03 bits per heavy atom. The molecule has 2 heterocycles. The van der Waals surface area contributed by atoms with Gasteiger partial charge in [0, 0.05) is 6.20 Å². The van der Waals surface area contributed by atoms with Crippen molar-refractivity contribution in [1.29, 1.82) is 5.41 Å². The van der Waals surface area contributed by atoms with Crippen molar-refractivity contribution < 1.29 is 14.3 Å². The number of carbonyl (C=O) groups is 1. The number of benzene rings is 2. The predicted octanol–water partition coefficient (Wildman–Crippen LogP) is 4.88. The van der Waals surface area contributed by atoms with Crippen LogP contribution in [0.5, 0.6) is 11.5 Å². The molecule has 0 aromatic heterocycles. The monoisotopic (exact) mass is 439 g/mol. The van der Waals surface area contributed by atoms with Gasteiger partial charge in [0.15, 0.2) is 5.17 Å². The van der Waals surface area contributed by atoms with Crippen LogP contribution in [0.2, 0.25) is 5.02 Å². The number of nitrogens with zero attached hydrogens (tertiary/aromatic N) is 2. The zero-order valence-corrected chi connectivity index (χ0v) is 17.7. The average Bonchev–Trinajstić information content (AvgIpc) is 3.18. The Balaban J connectivity index is 1.39. The highest BCUT2D eigenvalue weighted by atomic mass is 35.5. The zero-order chi connectivity index (χ0) is 21.1. The van der Waals surface area contributed by atoms with E-state index in [1.807, 2.05) is 31.2 Å². The van der Waals surface area contributed by atoms with Gasteiger partial charge in [-0.2, -0.15) is 4.99 Å². The Kier molecular flexibility index (Phi) is 5.92. The fourth-order valence-electron chi connectivity index (χ4n) is 2.94. The van der Waals surface area contributed by atoms with Crippen LogP contribution in [0.25, 0.3) is 6.08 Å². The number of amides is 1. The van der Waals surface area contributed by atoms with Crippen LogP contribution in [0.1, 0.15) is 11.1 Å². The lowest BCUT2D eigenvalue weighted by molar-refractivity contribution is -0.114. The lowest BCUT2D eigenvalue weighted by Gasteiger charge is -2.22. The number of aryl methyl sites for hydroxylation is 1. The van der Waals surface area contributed by atoms with E-state index in [1.54, 1.807) is 40.8 Å². The van der Waals surface area contributed by atoms with E-state index in [4.69, 9.17) is 26.5 Å². The van der Waals surface area contributed by atoms with Crippen molar-refractivity contribution in [3.05, 3.63) is 75.8 Å². The molecule has 0 saturated carbocycles. The van der Waals surface area contributed by atoms with Gasteiger partial charge in [-0.15, -0.1) is 0 Å². The number of fused-ring (bicyclic) bond motifs is 1. The van der Waals surface area contributed by atoms with Gasteiger partial charge in [0.1, 0.15) is 30.5 Å². The van der Waals surface area contributed by atoms with E-state index in [-0.39, 0.29) is 11.4 Å². The van der Waals surface area contributed by atoms with Crippen LogP contribution in [0.3, 0.4) is 0 Å². The summed E-state index contributed by atoms with van der Waals surface area (Å²) in [6, 6.07) is 13.0. The van der Waals surface area contributed by atoms with Crippen LogP contribution in [0.15, 0.2) is 64.6 Å². The number of carbonyl (C=O) groups excluding carboxylic acids is 1. The highest BCUT2D eigenvalue weighted by molar-refractivity contribution is 8.16. The minimum Gasteiger partial charge on any atom is -0.490 e. The summed E-state index contributed by atoms with van der Waals surface area (Å²) in [5.41, 5.74) is 2.03. The van der Waals surface area contributed by atoms with Crippen molar-refractivity contribution in [2.24, 2.45) is 4.99 Å². The predicted molar refractivity (Wildman–Crippen MR) is 120 cm³/mol. The number of aliphatic imine (C=N–C) groups is 1. The molecule has 2 aliphatic rings. The van der Waals surface area contributed by atoms with Crippen molar-refractivity contribution in [2.75, 3.05) is 13.2 Å². The third-order valence-electron chi connectivity index (χ3n) is 4.38. The summed E-state index contributed by atoms with van der Waals surface area (Å²) in [7, 11) is 0. The molecule has 0 saturated heterocycles. The molecule has 0 aliphatic carbocycles. The Morgan fingerprint density at radius 1 is 1.20 bits per heavy atom. The molecule has 1 amide bonds. The smallest absolute Gasteiger partial charge is 0.283 e. The second-order valence-corrected chi connectivity index (χ2v) is 7.86. The topological polar surface area (TPSA) is 75.0 Å². The molecule has 6 nitrogen and oxygen atoms in total. The minimum absolute atomic E-state index is 0.0935. The maximum atomic E-state index is 12.3. The Labute approximate surface area is 183 Å². The molecule has 152 valence electrons. The zero-order valence-electron chi connectivity index (χ0n) is 16.1. The van der Waals surface area contributed by atoms with Crippen LogP contribution >= 0.6 is 23.4 Å². The summed E-state index contributed by atoms with van der Waals surface area (Å²) in [4.78, 5) is 17.9. The van der Waals surface area contributed by atoms with E-state index in [0.717, 1.165) is 11.3 Å². The van der Waals surface area contributed by atoms with Gasteiger partial charge in [0.25, 0.3) is 5.91 Å². The molecule has 30 heavy (non-hydrogen) atoms. The third-order valence-corrected chi connectivity index (χ3v) is 5.43. The lowest BCUT2D eigenvalue weighted by Crippen LogP contribution is -2.35. The first-order valence-electron chi connectivity index (χ1n) is 9.19. The van der Waals surface area contributed by atoms with Gasteiger partial charge in [0.05, 0.1) is 10.6 Å². The molecule has 0 atom stereocenters. The van der Waals surface area contributed by atoms with Crippen molar-refractivity contribution in [1.82, 2.24) is 4.90 Å². The first-order valence-corrected chi connectivity index (χ1v) is 10.4. The number of rotatable bonds is 6. The molecule has 1 N–H and O–H groups in total. The van der Waals surface area contributed by atoms with Gasteiger partial charge in [-0.1, -0.05) is 41.6 Å². The van der Waals surface area contributed by atoms with Gasteiger partial charge in [-0.3, -0.25) is 15.1 Å². The summed E-state index contributed by atoms with van der Waals surface area (Å²) >= 11 is 7.65. The summed E-state index contributed by atoms with van der Waals surface area (Å²) in [5, 5.41) is 11.0. The second-order valence-electron chi connectivity index (χ2n) is 6.58. The molecule has 2 aromatic rings. The largest absolute Gasteiger partial charge is 0.490 e. The number of thioether (sulfide) groups is 1. The summed E-state index contributed by atoms with van der Waals surface area (Å²) in [5.74, 6) is 0.974. The normalized spacial score (nSPS) is 16.7. The SMILES string of the molecule is Cc1cccc(OCCOc2ccc(/C=C3/C(=N)N4C=CSC4=NC3=O)cc2Cl)c1. The first kappa shape index (κ1) is 20.3. The average molecular weight is 440 g/mol. The molecule has 2 aromatic carbocycles. The van der Waals surface area contributed by atoms with Crippen LogP contribution in [-0.2, 0) is 4.79 Å². The molecule has 0 spiro atoms. The molecular weight excluding hydrogens is 422 g/mol. The summed E-state index contributed by atoms with van der Waals surface area (Å²) in [6.45, 7) is 2.74. The van der Waals surface area contributed by atoms with Crippen molar-refractivity contribution in [3.8, 4) is 11.5 Å². The standard InChI is InChI=1S/C22H18ClN3O3S/c1-14-3-2-4-16(11-14)28-8-9-29-19-6-5-15(13-18(19)23)12-17-20(24)26-7-10-30-22(26)25-21(17)27/h2-7,10-13,24H,8-9H2,1H3/b17-12-,24-20?. The molecule has 0 bridgehead atoms. The van der Waals surface area contributed by atoms with Crippen LogP contribution < -0.4 is 9.47 Å². The van der Waals surface area contributed by atoms with E-state index in [9.17, 15) is 4.79 Å². The summed E-state index contributed by atoms with van der Waals surface area (Å²) < 4.78 is 11.4. The lowest BCUT2D eigenvalue weighted by atomic mass is 10.1. The molecule has 0 unspecified atom stereocenters. The van der Waals surface area contributed by atoms with Gasteiger partial charge in [0.2, 0.25) is 0 Å². The number of hydrogen-bond donors (Lipinski definition) is 1. The highest BCUT2D eigenvalue weighted by Crippen LogP contribution is 2.29. The fourth-order valence-corrected chi connectivity index (χ4v) is 3.89. The summed E-state index contributed by atoms with van der Waals surface area (Å²) in [6.07, 6.45) is 3.33. The van der Waals surface area contributed by atoms with E-state index in [1.165, 1.54) is 11.8 Å². The minimum atomic E-state index is -0.438. The number of ether oxygens (including phenoxy) is 2. The molecule has 8 heteroatoms. The highest BCUT2D eigenvalue weighted by Gasteiger charge is 2.31.